The maximum absolute atomic E-state index is 5.36. The Morgan fingerprint density at radius 2 is 2.00 bits per heavy atom. The number of para-hydroxylation sites is 1. The molecule has 0 amide bonds. The number of aromatic nitrogens is 4. The zero-order valence-corrected chi connectivity index (χ0v) is 12.5. The number of benzene rings is 2. The van der Waals surface area contributed by atoms with Crippen molar-refractivity contribution in [1.29, 1.82) is 0 Å². The van der Waals surface area contributed by atoms with Crippen molar-refractivity contribution in [2.75, 3.05) is 12.4 Å². The van der Waals surface area contributed by atoms with E-state index in [9.17, 15) is 0 Å². The lowest BCUT2D eigenvalue weighted by Crippen LogP contribution is -2.03. The van der Waals surface area contributed by atoms with E-state index in [4.69, 9.17) is 4.74 Å². The molecule has 1 heterocycles. The quantitative estimate of drug-likeness (QED) is 0.783. The number of tetrazole rings is 1. The normalized spacial score (nSPS) is 10.5. The van der Waals surface area contributed by atoms with Gasteiger partial charge in [-0.3, -0.25) is 0 Å². The molecule has 1 N–H and O–H groups in total. The standard InChI is InChI=1S/C16H17N5O/c1-12-18-19-20-21(12)15-8-5-7-14(10-15)17-11-13-6-3-4-9-16(13)22-2/h3-10,17H,11H2,1-2H3. The average molecular weight is 295 g/mol. The first-order valence-electron chi connectivity index (χ1n) is 6.99. The minimum absolute atomic E-state index is 0.683. The molecule has 0 unspecified atom stereocenters. The predicted molar refractivity (Wildman–Crippen MR) is 84.2 cm³/mol. The Morgan fingerprint density at radius 3 is 2.77 bits per heavy atom. The Morgan fingerprint density at radius 1 is 1.14 bits per heavy atom. The van der Waals surface area contributed by atoms with E-state index in [-0.39, 0.29) is 0 Å². The van der Waals surface area contributed by atoms with Crippen molar-refractivity contribution in [2.24, 2.45) is 0 Å². The molecule has 0 aliphatic rings. The van der Waals surface area contributed by atoms with Crippen LogP contribution >= 0.6 is 0 Å². The summed E-state index contributed by atoms with van der Waals surface area (Å²) in [6, 6.07) is 15.9. The van der Waals surface area contributed by atoms with Crippen LogP contribution in [0.3, 0.4) is 0 Å². The summed E-state index contributed by atoms with van der Waals surface area (Å²) in [7, 11) is 1.68. The Labute approximate surface area is 128 Å². The Kier molecular flexibility index (Phi) is 4.00. The summed E-state index contributed by atoms with van der Waals surface area (Å²) in [4.78, 5) is 0. The van der Waals surface area contributed by atoms with Gasteiger partial charge >= 0.3 is 0 Å². The van der Waals surface area contributed by atoms with Crippen LogP contribution in [0.25, 0.3) is 5.69 Å². The van der Waals surface area contributed by atoms with Crippen molar-refractivity contribution < 1.29 is 4.74 Å². The summed E-state index contributed by atoms with van der Waals surface area (Å²) >= 11 is 0. The number of rotatable bonds is 5. The van der Waals surface area contributed by atoms with Crippen molar-refractivity contribution >= 4 is 5.69 Å². The maximum atomic E-state index is 5.36. The molecule has 112 valence electrons. The molecule has 0 spiro atoms. The van der Waals surface area contributed by atoms with Crippen LogP contribution in [0.15, 0.2) is 48.5 Å². The fourth-order valence-electron chi connectivity index (χ4n) is 2.26. The van der Waals surface area contributed by atoms with Crippen molar-refractivity contribution in [1.82, 2.24) is 20.2 Å². The van der Waals surface area contributed by atoms with Crippen molar-refractivity contribution in [2.45, 2.75) is 13.5 Å². The molecular weight excluding hydrogens is 278 g/mol. The van der Waals surface area contributed by atoms with Gasteiger partial charge in [-0.15, -0.1) is 5.10 Å². The number of nitrogens with zero attached hydrogens (tertiary/aromatic N) is 4. The number of hydrogen-bond donors (Lipinski definition) is 1. The number of methoxy groups -OCH3 is 1. The molecular formula is C16H17N5O. The van der Waals surface area contributed by atoms with Gasteiger partial charge in [-0.2, -0.15) is 4.68 Å². The summed E-state index contributed by atoms with van der Waals surface area (Å²) < 4.78 is 7.06. The van der Waals surface area contributed by atoms with Crippen LogP contribution < -0.4 is 10.1 Å². The summed E-state index contributed by atoms with van der Waals surface area (Å²) in [6.07, 6.45) is 0. The van der Waals surface area contributed by atoms with Crippen molar-refractivity contribution in [3.63, 3.8) is 0 Å². The summed E-state index contributed by atoms with van der Waals surface area (Å²) in [5.41, 5.74) is 3.03. The Bertz CT molecular complexity index is 768. The average Bonchev–Trinajstić information content (AvgIpc) is 2.99. The van der Waals surface area contributed by atoms with E-state index in [1.165, 1.54) is 0 Å². The molecule has 0 fully saturated rings. The molecule has 0 atom stereocenters. The maximum Gasteiger partial charge on any atom is 0.153 e. The van der Waals surface area contributed by atoms with Gasteiger partial charge in [-0.25, -0.2) is 0 Å². The second-order valence-electron chi connectivity index (χ2n) is 4.85. The number of hydrogen-bond acceptors (Lipinski definition) is 5. The fourth-order valence-corrected chi connectivity index (χ4v) is 2.26. The molecule has 3 rings (SSSR count). The van der Waals surface area contributed by atoms with Gasteiger partial charge in [0.15, 0.2) is 5.82 Å². The Balaban J connectivity index is 1.78. The number of anilines is 1. The first kappa shape index (κ1) is 14.1. The smallest absolute Gasteiger partial charge is 0.153 e. The largest absolute Gasteiger partial charge is 0.496 e. The van der Waals surface area contributed by atoms with Gasteiger partial charge in [0.2, 0.25) is 0 Å². The molecule has 0 saturated carbocycles. The third-order valence-electron chi connectivity index (χ3n) is 3.39. The predicted octanol–water partition coefficient (Wildman–Crippen LogP) is 2.59. The van der Waals surface area contributed by atoms with E-state index >= 15 is 0 Å². The lowest BCUT2D eigenvalue weighted by Gasteiger charge is -2.11. The SMILES string of the molecule is COc1ccccc1CNc1cccc(-n2nnnc2C)c1. The van der Waals surface area contributed by atoms with E-state index in [0.717, 1.165) is 28.5 Å². The van der Waals surface area contributed by atoms with Gasteiger partial charge in [0, 0.05) is 17.8 Å². The van der Waals surface area contributed by atoms with Crippen molar-refractivity contribution in [3.05, 3.63) is 59.9 Å². The molecule has 6 nitrogen and oxygen atoms in total. The minimum Gasteiger partial charge on any atom is -0.496 e. The van der Waals surface area contributed by atoms with Gasteiger partial charge in [-0.05, 0) is 41.6 Å². The van der Waals surface area contributed by atoms with Crippen LogP contribution in [0.4, 0.5) is 5.69 Å². The summed E-state index contributed by atoms with van der Waals surface area (Å²) in [6.45, 7) is 2.55. The third kappa shape index (κ3) is 2.90. The minimum atomic E-state index is 0.683. The molecule has 1 aromatic heterocycles. The highest BCUT2D eigenvalue weighted by atomic mass is 16.5. The second-order valence-corrected chi connectivity index (χ2v) is 4.85. The molecule has 3 aromatic rings. The van der Waals surface area contributed by atoms with E-state index in [1.807, 2.05) is 55.5 Å². The fraction of sp³-hybridized carbons (Fsp3) is 0.188. The van der Waals surface area contributed by atoms with E-state index in [2.05, 4.69) is 20.8 Å². The topological polar surface area (TPSA) is 64.9 Å². The zero-order valence-electron chi connectivity index (χ0n) is 12.5. The number of aryl methyl sites for hydroxylation is 1. The molecule has 2 aromatic carbocycles. The Hall–Kier alpha value is -2.89. The van der Waals surface area contributed by atoms with E-state index in [1.54, 1.807) is 11.8 Å². The van der Waals surface area contributed by atoms with Crippen LogP contribution in [-0.2, 0) is 6.54 Å². The molecule has 0 saturated heterocycles. The highest BCUT2D eigenvalue weighted by molar-refractivity contribution is 5.51. The van der Waals surface area contributed by atoms with Gasteiger partial charge in [0.05, 0.1) is 12.8 Å². The zero-order chi connectivity index (χ0) is 15.4. The highest BCUT2D eigenvalue weighted by Crippen LogP contribution is 2.20. The first-order valence-corrected chi connectivity index (χ1v) is 6.99. The molecule has 0 radical (unpaired) electrons. The van der Waals surface area contributed by atoms with E-state index < -0.39 is 0 Å². The van der Waals surface area contributed by atoms with Crippen LogP contribution in [0.2, 0.25) is 0 Å². The van der Waals surface area contributed by atoms with Gasteiger partial charge < -0.3 is 10.1 Å². The van der Waals surface area contributed by atoms with Crippen LogP contribution in [0.5, 0.6) is 5.75 Å². The molecule has 22 heavy (non-hydrogen) atoms. The second kappa shape index (κ2) is 6.26. The summed E-state index contributed by atoms with van der Waals surface area (Å²) in [5, 5.41) is 14.9. The summed E-state index contributed by atoms with van der Waals surface area (Å²) in [5.74, 6) is 1.63. The van der Waals surface area contributed by atoms with Crippen LogP contribution in [-0.4, -0.2) is 27.3 Å². The number of ether oxygens (including phenoxy) is 1. The molecule has 0 bridgehead atoms. The van der Waals surface area contributed by atoms with Gasteiger partial charge in [0.1, 0.15) is 5.75 Å². The lowest BCUT2D eigenvalue weighted by molar-refractivity contribution is 0.410. The van der Waals surface area contributed by atoms with Gasteiger partial charge in [0.25, 0.3) is 0 Å². The van der Waals surface area contributed by atoms with Crippen LogP contribution in [0, 0.1) is 6.92 Å². The monoisotopic (exact) mass is 295 g/mol. The third-order valence-corrected chi connectivity index (χ3v) is 3.39. The van der Waals surface area contributed by atoms with Gasteiger partial charge in [-0.1, -0.05) is 24.3 Å². The highest BCUT2D eigenvalue weighted by Gasteiger charge is 2.05. The van der Waals surface area contributed by atoms with Crippen LogP contribution in [0.1, 0.15) is 11.4 Å². The molecule has 0 aliphatic carbocycles. The molecule has 6 heteroatoms. The van der Waals surface area contributed by atoms with Crippen molar-refractivity contribution in [3.8, 4) is 11.4 Å². The van der Waals surface area contributed by atoms with E-state index in [0.29, 0.717) is 6.54 Å². The molecule has 0 aliphatic heterocycles. The number of nitrogens with one attached hydrogen (secondary N) is 1. The first-order chi connectivity index (χ1) is 10.8. The lowest BCUT2D eigenvalue weighted by atomic mass is 10.2.